The number of phenols is 8. The molecular weight excluding hydrogens is 464 g/mol. The highest BCUT2D eigenvalue weighted by atomic mass is 16.3. The lowest BCUT2D eigenvalue weighted by Crippen LogP contribution is -2.00. The van der Waals surface area contributed by atoms with Gasteiger partial charge in [0.2, 0.25) is 0 Å². The predicted octanol–water partition coefficient (Wildman–Crippen LogP) is 4.01. The van der Waals surface area contributed by atoms with Crippen LogP contribution in [-0.4, -0.2) is 40.9 Å². The van der Waals surface area contributed by atoms with Gasteiger partial charge in [0, 0.05) is 43.9 Å². The van der Waals surface area contributed by atoms with Gasteiger partial charge in [-0.2, -0.15) is 0 Å². The third-order valence-electron chi connectivity index (χ3n) is 6.66. The number of fused-ring (bicyclic) bond motifs is 7. The lowest BCUT2D eigenvalue weighted by molar-refractivity contribution is 0.402. The minimum Gasteiger partial charge on any atom is -0.508 e. The van der Waals surface area contributed by atoms with E-state index in [1.54, 1.807) is 18.2 Å². The molecule has 36 heavy (non-hydrogen) atoms. The Balaban J connectivity index is 1.77. The maximum absolute atomic E-state index is 10.5. The highest BCUT2D eigenvalue weighted by Gasteiger charge is 2.20. The zero-order valence-corrected chi connectivity index (χ0v) is 19.0. The number of hydrogen-bond donors (Lipinski definition) is 8. The van der Waals surface area contributed by atoms with Crippen LogP contribution in [0.25, 0.3) is 0 Å². The fraction of sp³-hybridized carbons (Fsp3) is 0.143. The second-order valence-electron chi connectivity index (χ2n) is 9.15. The van der Waals surface area contributed by atoms with E-state index in [1.165, 1.54) is 30.3 Å². The van der Waals surface area contributed by atoms with Crippen molar-refractivity contribution in [1.29, 1.82) is 0 Å². The van der Waals surface area contributed by atoms with Crippen LogP contribution in [0.2, 0.25) is 0 Å². The number of hydrogen-bond acceptors (Lipinski definition) is 8. The van der Waals surface area contributed by atoms with E-state index in [0.29, 0.717) is 44.5 Å². The van der Waals surface area contributed by atoms with Gasteiger partial charge < -0.3 is 40.9 Å². The van der Waals surface area contributed by atoms with Crippen molar-refractivity contribution in [3.05, 3.63) is 93.0 Å². The van der Waals surface area contributed by atoms with Gasteiger partial charge in [-0.1, -0.05) is 0 Å². The van der Waals surface area contributed by atoms with Crippen LogP contribution in [0.5, 0.6) is 46.0 Å². The zero-order chi connectivity index (χ0) is 25.7. The molecule has 0 atom stereocenters. The molecule has 8 nitrogen and oxygen atoms in total. The fourth-order valence-corrected chi connectivity index (χ4v) is 4.68. The first-order chi connectivity index (χ1) is 17.1. The van der Waals surface area contributed by atoms with E-state index in [2.05, 4.69) is 0 Å². The lowest BCUT2D eigenvalue weighted by atomic mass is 9.92. The average Bonchev–Trinajstić information content (AvgIpc) is 2.80. The largest absolute Gasteiger partial charge is 0.508 e. The molecule has 0 fully saturated rings. The number of aromatic hydroxyl groups is 8. The summed E-state index contributed by atoms with van der Waals surface area (Å²) in [5, 5.41) is 83.3. The van der Waals surface area contributed by atoms with Crippen LogP contribution < -0.4 is 0 Å². The van der Waals surface area contributed by atoms with E-state index in [0.717, 1.165) is 0 Å². The van der Waals surface area contributed by atoms with E-state index in [4.69, 9.17) is 0 Å². The Kier molecular flexibility index (Phi) is 5.44. The quantitative estimate of drug-likeness (QED) is 0.152. The zero-order valence-electron chi connectivity index (χ0n) is 19.0. The summed E-state index contributed by atoms with van der Waals surface area (Å²) in [6, 6.07) is 11.1. The van der Waals surface area contributed by atoms with Crippen molar-refractivity contribution in [1.82, 2.24) is 0 Å². The lowest BCUT2D eigenvalue weighted by Gasteiger charge is -2.15. The molecular formula is C28H24O8. The molecule has 0 spiro atoms. The van der Waals surface area contributed by atoms with Crippen molar-refractivity contribution in [3.8, 4) is 46.0 Å². The number of phenolic OH excluding ortho intramolecular Hbond substituents is 8. The van der Waals surface area contributed by atoms with Crippen molar-refractivity contribution in [2.24, 2.45) is 0 Å². The van der Waals surface area contributed by atoms with Crippen LogP contribution in [0.4, 0.5) is 0 Å². The molecule has 0 unspecified atom stereocenters. The first-order valence-electron chi connectivity index (χ1n) is 11.2. The first kappa shape index (κ1) is 23.0. The van der Waals surface area contributed by atoms with Gasteiger partial charge in [0.1, 0.15) is 34.5 Å². The minimum atomic E-state index is -0.350. The second kappa shape index (κ2) is 8.49. The third kappa shape index (κ3) is 4.13. The minimum absolute atomic E-state index is 0.0821. The molecule has 1 aliphatic carbocycles. The van der Waals surface area contributed by atoms with Gasteiger partial charge in [-0.3, -0.25) is 0 Å². The van der Waals surface area contributed by atoms with Crippen LogP contribution in [0.15, 0.2) is 48.5 Å². The Morgan fingerprint density at radius 2 is 0.472 bits per heavy atom. The summed E-state index contributed by atoms with van der Waals surface area (Å²) in [6.07, 6.45) is 0.416. The predicted molar refractivity (Wildman–Crippen MR) is 130 cm³/mol. The fourth-order valence-electron chi connectivity index (χ4n) is 4.68. The van der Waals surface area contributed by atoms with Crippen molar-refractivity contribution in [2.45, 2.75) is 25.7 Å². The smallest absolute Gasteiger partial charge is 0.157 e. The summed E-state index contributed by atoms with van der Waals surface area (Å²) in [7, 11) is 0. The Morgan fingerprint density at radius 3 is 0.722 bits per heavy atom. The number of rotatable bonds is 0. The van der Waals surface area contributed by atoms with E-state index < -0.39 is 0 Å². The number of benzene rings is 4. The van der Waals surface area contributed by atoms with E-state index >= 15 is 0 Å². The first-order valence-corrected chi connectivity index (χ1v) is 11.2. The van der Waals surface area contributed by atoms with Gasteiger partial charge in [0.15, 0.2) is 11.5 Å². The van der Waals surface area contributed by atoms with Crippen LogP contribution >= 0.6 is 0 Å². The standard InChI is InChI=1S/C28H24O8/c29-21-10-23(31)17-3-15(21)1-13-8-27(35)28(36)9-14(13)2-16-4-18(24(32)11-22(16)30)6-20-7-19(5-17)25(33)12-26(20)34/h3-4,7-12,29-36H,1-2,5-6H2. The Labute approximate surface area is 205 Å². The summed E-state index contributed by atoms with van der Waals surface area (Å²) in [4.78, 5) is 0. The van der Waals surface area contributed by atoms with E-state index in [9.17, 15) is 40.9 Å². The van der Waals surface area contributed by atoms with Crippen LogP contribution in [-0.2, 0) is 25.7 Å². The van der Waals surface area contributed by atoms with Crippen molar-refractivity contribution in [3.63, 3.8) is 0 Å². The van der Waals surface area contributed by atoms with Crippen molar-refractivity contribution < 1.29 is 40.9 Å². The highest BCUT2D eigenvalue weighted by Crippen LogP contribution is 2.39. The molecule has 4 aromatic rings. The molecule has 5 rings (SSSR count). The van der Waals surface area contributed by atoms with Crippen LogP contribution in [0.1, 0.15) is 44.5 Å². The molecule has 184 valence electrons. The second-order valence-corrected chi connectivity index (χ2v) is 9.15. The summed E-state index contributed by atoms with van der Waals surface area (Å²) in [5.41, 5.74) is 3.61. The molecule has 8 N–H and O–H groups in total. The summed E-state index contributed by atoms with van der Waals surface area (Å²) >= 11 is 0. The maximum Gasteiger partial charge on any atom is 0.157 e. The van der Waals surface area contributed by atoms with Gasteiger partial charge in [-0.15, -0.1) is 0 Å². The Hall–Kier alpha value is -4.72. The van der Waals surface area contributed by atoms with Gasteiger partial charge in [-0.05, 0) is 74.8 Å². The summed E-state index contributed by atoms with van der Waals surface area (Å²) in [6.45, 7) is 0. The molecule has 1 aliphatic rings. The topological polar surface area (TPSA) is 162 Å². The Morgan fingerprint density at radius 1 is 0.250 bits per heavy atom. The van der Waals surface area contributed by atoms with E-state index in [1.807, 2.05) is 0 Å². The molecule has 0 aliphatic heterocycles. The van der Waals surface area contributed by atoms with Crippen LogP contribution in [0, 0.1) is 0 Å². The molecule has 0 aromatic heterocycles. The molecule has 8 heteroatoms. The summed E-state index contributed by atoms with van der Waals surface area (Å²) in [5.74, 6) is -1.79. The van der Waals surface area contributed by atoms with Gasteiger partial charge in [0.05, 0.1) is 0 Å². The monoisotopic (exact) mass is 488 g/mol. The molecule has 0 heterocycles. The Bertz CT molecular complexity index is 1410. The third-order valence-corrected chi connectivity index (χ3v) is 6.66. The molecule has 0 saturated heterocycles. The van der Waals surface area contributed by atoms with Crippen LogP contribution in [0.3, 0.4) is 0 Å². The van der Waals surface area contributed by atoms with Crippen molar-refractivity contribution in [2.75, 3.05) is 0 Å². The van der Waals surface area contributed by atoms with Gasteiger partial charge in [0.25, 0.3) is 0 Å². The van der Waals surface area contributed by atoms with Gasteiger partial charge >= 0.3 is 0 Å². The molecule has 6 bridgehead atoms. The van der Waals surface area contributed by atoms with Gasteiger partial charge in [-0.25, -0.2) is 0 Å². The molecule has 4 aromatic carbocycles. The van der Waals surface area contributed by atoms with Crippen molar-refractivity contribution >= 4 is 0 Å². The molecule has 0 saturated carbocycles. The maximum atomic E-state index is 10.5. The molecule has 0 amide bonds. The summed E-state index contributed by atoms with van der Waals surface area (Å²) < 4.78 is 0. The average molecular weight is 488 g/mol. The van der Waals surface area contributed by atoms with E-state index in [-0.39, 0.29) is 71.7 Å². The highest BCUT2D eigenvalue weighted by molar-refractivity contribution is 5.57. The SMILES string of the molecule is Oc1cc2c(cc1O)Cc1cc(c(O)cc1O)Cc1cc(c(O)cc1O)Cc1cc(c(O)cc1O)C2. The normalized spacial score (nSPS) is 12.9. The molecule has 0 radical (unpaired) electrons.